The van der Waals surface area contributed by atoms with Gasteiger partial charge in [0.25, 0.3) is 0 Å². The summed E-state index contributed by atoms with van der Waals surface area (Å²) in [7, 11) is 0. The number of benzene rings is 1. The summed E-state index contributed by atoms with van der Waals surface area (Å²) >= 11 is 8.24. The first-order valence-corrected chi connectivity index (χ1v) is 6.94. The predicted molar refractivity (Wildman–Crippen MR) is 76.2 cm³/mol. The highest BCUT2D eigenvalue weighted by Gasteiger charge is 2.19. The van der Waals surface area contributed by atoms with Crippen molar-refractivity contribution in [2.75, 3.05) is 11.9 Å². The van der Waals surface area contributed by atoms with Crippen molar-refractivity contribution in [3.8, 4) is 0 Å². The van der Waals surface area contributed by atoms with E-state index in [1.165, 1.54) is 9.26 Å². The summed E-state index contributed by atoms with van der Waals surface area (Å²) < 4.78 is 6.70. The van der Waals surface area contributed by atoms with E-state index < -0.39 is 0 Å². The van der Waals surface area contributed by atoms with Crippen molar-refractivity contribution in [2.45, 2.75) is 31.9 Å². The molecule has 1 heterocycles. The maximum absolute atomic E-state index is 5.93. The number of hydrogen-bond acceptors (Lipinski definition) is 2. The molecule has 0 bridgehead atoms. The Labute approximate surface area is 115 Å². The van der Waals surface area contributed by atoms with E-state index in [9.17, 15) is 0 Å². The molecule has 0 amide bonds. The number of hydrogen-bond donors (Lipinski definition) is 1. The van der Waals surface area contributed by atoms with Crippen LogP contribution in [-0.4, -0.2) is 18.8 Å². The smallest absolute Gasteiger partial charge is 0.0566 e. The average Bonchev–Trinajstić information content (AvgIpc) is 2.22. The molecule has 1 saturated heterocycles. The monoisotopic (exact) mass is 351 g/mol. The van der Waals surface area contributed by atoms with Gasteiger partial charge in [-0.2, -0.15) is 0 Å². The molecule has 1 fully saturated rings. The second-order valence-corrected chi connectivity index (χ2v) is 5.77. The Morgan fingerprint density at radius 2 is 2.31 bits per heavy atom. The lowest BCUT2D eigenvalue weighted by molar-refractivity contribution is 0.0232. The van der Waals surface area contributed by atoms with Gasteiger partial charge >= 0.3 is 0 Å². The summed E-state index contributed by atoms with van der Waals surface area (Å²) in [4.78, 5) is 0. The predicted octanol–water partition coefficient (Wildman–Crippen LogP) is 3.92. The lowest BCUT2D eigenvalue weighted by Crippen LogP contribution is -2.32. The molecule has 0 aromatic heterocycles. The topological polar surface area (TPSA) is 21.3 Å². The molecule has 1 aliphatic heterocycles. The van der Waals surface area contributed by atoms with E-state index in [4.69, 9.17) is 16.3 Å². The Hall–Kier alpha value is -0.0000000000000000763. The fraction of sp³-hybridized carbons (Fsp3) is 0.500. The molecule has 2 nitrogen and oxygen atoms in total. The number of ether oxygens (including phenoxy) is 1. The van der Waals surface area contributed by atoms with Gasteiger partial charge in [0.15, 0.2) is 0 Å². The van der Waals surface area contributed by atoms with E-state index in [-0.39, 0.29) is 0 Å². The molecule has 0 spiro atoms. The first kappa shape index (κ1) is 12.5. The van der Waals surface area contributed by atoms with Crippen LogP contribution in [0.25, 0.3) is 0 Å². The van der Waals surface area contributed by atoms with Crippen LogP contribution in [0.2, 0.25) is 5.02 Å². The zero-order valence-corrected chi connectivity index (χ0v) is 12.1. The molecule has 1 N–H and O–H groups in total. The van der Waals surface area contributed by atoms with E-state index in [0.717, 1.165) is 24.5 Å². The van der Waals surface area contributed by atoms with Gasteiger partial charge in [0, 0.05) is 26.9 Å². The first-order chi connectivity index (χ1) is 7.65. The van der Waals surface area contributed by atoms with Gasteiger partial charge in [-0.25, -0.2) is 0 Å². The van der Waals surface area contributed by atoms with Crippen molar-refractivity contribution >= 4 is 39.9 Å². The Morgan fingerprint density at radius 3 is 3.00 bits per heavy atom. The Balaban J connectivity index is 2.02. The molecule has 2 unspecified atom stereocenters. The SMILES string of the molecule is CC1CC(Nc2ccc(Cl)cc2I)CCO1. The van der Waals surface area contributed by atoms with Crippen LogP contribution < -0.4 is 5.32 Å². The fourth-order valence-corrected chi connectivity index (χ4v) is 2.98. The Bertz CT molecular complexity index is 372. The van der Waals surface area contributed by atoms with Gasteiger partial charge < -0.3 is 10.1 Å². The molecule has 1 aromatic rings. The van der Waals surface area contributed by atoms with Gasteiger partial charge in [-0.15, -0.1) is 0 Å². The van der Waals surface area contributed by atoms with Crippen LogP contribution in [0.1, 0.15) is 19.8 Å². The Morgan fingerprint density at radius 1 is 1.50 bits per heavy atom. The van der Waals surface area contributed by atoms with Gasteiger partial charge in [-0.3, -0.25) is 0 Å². The standard InChI is InChI=1S/C12H15ClINO/c1-8-6-10(4-5-16-8)15-12-3-2-9(13)7-11(12)14/h2-3,7-8,10,15H,4-6H2,1H3. The minimum atomic E-state index is 0.358. The van der Waals surface area contributed by atoms with Crippen LogP contribution in [0.3, 0.4) is 0 Å². The van der Waals surface area contributed by atoms with E-state index in [0.29, 0.717) is 12.1 Å². The van der Waals surface area contributed by atoms with Gasteiger partial charge in [0.1, 0.15) is 0 Å². The van der Waals surface area contributed by atoms with Gasteiger partial charge in [-0.05, 0) is 60.6 Å². The summed E-state index contributed by atoms with van der Waals surface area (Å²) in [6.07, 6.45) is 2.50. The molecular weight excluding hydrogens is 336 g/mol. The maximum Gasteiger partial charge on any atom is 0.0566 e. The van der Waals surface area contributed by atoms with Crippen molar-refractivity contribution in [1.29, 1.82) is 0 Å². The normalized spacial score (nSPS) is 25.4. The molecule has 2 atom stereocenters. The summed E-state index contributed by atoms with van der Waals surface area (Å²) in [5, 5.41) is 4.35. The van der Waals surface area contributed by atoms with Crippen molar-refractivity contribution in [3.05, 3.63) is 26.8 Å². The molecule has 1 aliphatic rings. The average molecular weight is 352 g/mol. The molecule has 0 radical (unpaired) electrons. The minimum absolute atomic E-state index is 0.358. The summed E-state index contributed by atoms with van der Waals surface area (Å²) in [6.45, 7) is 2.98. The molecule has 88 valence electrons. The third kappa shape index (κ3) is 3.25. The van der Waals surface area contributed by atoms with Crippen LogP contribution in [0, 0.1) is 3.57 Å². The minimum Gasteiger partial charge on any atom is -0.381 e. The molecule has 16 heavy (non-hydrogen) atoms. The quantitative estimate of drug-likeness (QED) is 0.815. The van der Waals surface area contributed by atoms with E-state index >= 15 is 0 Å². The molecule has 0 aliphatic carbocycles. The van der Waals surface area contributed by atoms with Crippen LogP contribution in [0.4, 0.5) is 5.69 Å². The van der Waals surface area contributed by atoms with E-state index in [1.54, 1.807) is 0 Å². The van der Waals surface area contributed by atoms with Gasteiger partial charge in [0.2, 0.25) is 0 Å². The lowest BCUT2D eigenvalue weighted by atomic mass is 10.0. The number of rotatable bonds is 2. The van der Waals surface area contributed by atoms with Crippen molar-refractivity contribution in [1.82, 2.24) is 0 Å². The number of halogens is 2. The molecule has 2 rings (SSSR count). The second kappa shape index (κ2) is 5.56. The number of nitrogens with one attached hydrogen (secondary N) is 1. The maximum atomic E-state index is 5.93. The zero-order chi connectivity index (χ0) is 11.5. The van der Waals surface area contributed by atoms with Crippen LogP contribution >= 0.6 is 34.2 Å². The molecule has 4 heteroatoms. The first-order valence-electron chi connectivity index (χ1n) is 5.48. The highest BCUT2D eigenvalue weighted by molar-refractivity contribution is 14.1. The molecule has 1 aromatic carbocycles. The second-order valence-electron chi connectivity index (χ2n) is 4.17. The highest BCUT2D eigenvalue weighted by atomic mass is 127. The zero-order valence-electron chi connectivity index (χ0n) is 9.17. The fourth-order valence-electron chi connectivity index (χ4n) is 1.96. The van der Waals surface area contributed by atoms with Crippen molar-refractivity contribution in [2.24, 2.45) is 0 Å². The van der Waals surface area contributed by atoms with Crippen molar-refractivity contribution < 1.29 is 4.74 Å². The molecular formula is C12H15ClINO. The van der Waals surface area contributed by atoms with Crippen LogP contribution in [0.15, 0.2) is 18.2 Å². The lowest BCUT2D eigenvalue weighted by Gasteiger charge is -2.29. The van der Waals surface area contributed by atoms with E-state index in [2.05, 4.69) is 34.8 Å². The summed E-state index contributed by atoms with van der Waals surface area (Å²) in [5.74, 6) is 0. The molecule has 0 saturated carbocycles. The van der Waals surface area contributed by atoms with Crippen molar-refractivity contribution in [3.63, 3.8) is 0 Å². The van der Waals surface area contributed by atoms with E-state index in [1.807, 2.05) is 18.2 Å². The van der Waals surface area contributed by atoms with Crippen LogP contribution in [-0.2, 0) is 4.74 Å². The third-order valence-corrected chi connectivity index (χ3v) is 3.90. The largest absolute Gasteiger partial charge is 0.381 e. The van der Waals surface area contributed by atoms with Gasteiger partial charge in [-0.1, -0.05) is 11.6 Å². The van der Waals surface area contributed by atoms with Gasteiger partial charge in [0.05, 0.1) is 6.10 Å². The number of anilines is 1. The van der Waals surface area contributed by atoms with Crippen LogP contribution in [0.5, 0.6) is 0 Å². The Kier molecular flexibility index (Phi) is 4.33. The highest BCUT2D eigenvalue weighted by Crippen LogP contribution is 2.25. The summed E-state index contributed by atoms with van der Waals surface area (Å²) in [6, 6.07) is 6.46. The third-order valence-electron chi connectivity index (χ3n) is 2.78. The summed E-state index contributed by atoms with van der Waals surface area (Å²) in [5.41, 5.74) is 1.17.